The maximum absolute atomic E-state index is 13.0. The van der Waals surface area contributed by atoms with Gasteiger partial charge in [0.2, 0.25) is 15.9 Å². The summed E-state index contributed by atoms with van der Waals surface area (Å²) < 4.78 is 37.8. The smallest absolute Gasteiger partial charge is 0.246 e. The van der Waals surface area contributed by atoms with Crippen molar-refractivity contribution in [2.45, 2.75) is 11.3 Å². The van der Waals surface area contributed by atoms with Crippen molar-refractivity contribution in [3.8, 4) is 11.5 Å². The first-order valence-corrected chi connectivity index (χ1v) is 8.88. The number of methoxy groups -OCH3 is 2. The Hall–Kier alpha value is -1.80. The number of hydrogen-bond acceptors (Lipinski definition) is 5. The van der Waals surface area contributed by atoms with Gasteiger partial charge in [0.25, 0.3) is 0 Å². The fraction of sp³-hybridized carbons (Fsp3) is 0.533. The summed E-state index contributed by atoms with van der Waals surface area (Å²) in [5, 5.41) is 2.80. The van der Waals surface area contributed by atoms with Gasteiger partial charge in [-0.1, -0.05) is 0 Å². The molecule has 2 atom stereocenters. The first kappa shape index (κ1) is 16.1. The Kier molecular flexibility index (Phi) is 4.20. The number of benzene rings is 1. The zero-order chi connectivity index (χ0) is 16.6. The molecule has 7 nitrogen and oxygen atoms in total. The Bertz CT molecular complexity index is 719. The van der Waals surface area contributed by atoms with Crippen molar-refractivity contribution in [2.75, 3.05) is 33.9 Å². The van der Waals surface area contributed by atoms with Crippen molar-refractivity contribution >= 4 is 15.9 Å². The Morgan fingerprint density at radius 3 is 2.61 bits per heavy atom. The second kappa shape index (κ2) is 6.01. The monoisotopic (exact) mass is 340 g/mol. The molecule has 2 aliphatic rings. The van der Waals surface area contributed by atoms with Crippen LogP contribution >= 0.6 is 0 Å². The van der Waals surface area contributed by atoms with Gasteiger partial charge < -0.3 is 14.8 Å². The van der Waals surface area contributed by atoms with Gasteiger partial charge in [0.05, 0.1) is 14.2 Å². The Morgan fingerprint density at radius 1 is 1.17 bits per heavy atom. The summed E-state index contributed by atoms with van der Waals surface area (Å²) in [5.74, 6) is 0.978. The number of nitrogens with one attached hydrogen (secondary N) is 1. The summed E-state index contributed by atoms with van der Waals surface area (Å²) in [6.45, 7) is 1.30. The minimum absolute atomic E-state index is 0.00976. The fourth-order valence-electron chi connectivity index (χ4n) is 3.23. The summed E-state index contributed by atoms with van der Waals surface area (Å²) in [4.78, 5) is 11.6. The molecule has 0 spiro atoms. The first-order chi connectivity index (χ1) is 11.0. The molecular weight excluding hydrogens is 320 g/mol. The average molecular weight is 340 g/mol. The molecule has 23 heavy (non-hydrogen) atoms. The molecule has 1 aromatic rings. The molecular formula is C15H20N2O5S. The van der Waals surface area contributed by atoms with Crippen LogP contribution in [0.3, 0.4) is 0 Å². The highest BCUT2D eigenvalue weighted by Gasteiger charge is 2.42. The van der Waals surface area contributed by atoms with Gasteiger partial charge in [-0.2, -0.15) is 4.31 Å². The SMILES string of the molecule is COc1ccc(OC)c(S(=O)(=O)N2C[C@H]3CNC(=O)C[C@H]3C2)c1. The van der Waals surface area contributed by atoms with Crippen LogP contribution in [0, 0.1) is 11.8 Å². The van der Waals surface area contributed by atoms with E-state index in [1.807, 2.05) is 0 Å². The van der Waals surface area contributed by atoms with E-state index < -0.39 is 10.0 Å². The van der Waals surface area contributed by atoms with Crippen LogP contribution in [0.2, 0.25) is 0 Å². The van der Waals surface area contributed by atoms with Gasteiger partial charge in [-0.25, -0.2) is 8.42 Å². The van der Waals surface area contributed by atoms with E-state index >= 15 is 0 Å². The topological polar surface area (TPSA) is 84.9 Å². The van der Waals surface area contributed by atoms with Crippen LogP contribution in [0.4, 0.5) is 0 Å². The van der Waals surface area contributed by atoms with E-state index in [0.29, 0.717) is 31.8 Å². The van der Waals surface area contributed by atoms with E-state index in [9.17, 15) is 13.2 Å². The molecule has 0 aliphatic carbocycles. The molecule has 0 bridgehead atoms. The van der Waals surface area contributed by atoms with Crippen LogP contribution in [0.25, 0.3) is 0 Å². The van der Waals surface area contributed by atoms with E-state index in [2.05, 4.69) is 5.32 Å². The van der Waals surface area contributed by atoms with Crippen molar-refractivity contribution in [1.82, 2.24) is 9.62 Å². The van der Waals surface area contributed by atoms with Crippen LogP contribution in [-0.4, -0.2) is 52.5 Å². The number of nitrogens with zero attached hydrogens (tertiary/aromatic N) is 1. The van der Waals surface area contributed by atoms with Gasteiger partial charge in [-0.3, -0.25) is 4.79 Å². The van der Waals surface area contributed by atoms with Gasteiger partial charge in [0.15, 0.2) is 0 Å². The quantitative estimate of drug-likeness (QED) is 0.861. The number of rotatable bonds is 4. The number of fused-ring (bicyclic) bond motifs is 1. The second-order valence-corrected chi connectivity index (χ2v) is 7.77. The van der Waals surface area contributed by atoms with E-state index in [1.54, 1.807) is 12.1 Å². The Balaban J connectivity index is 1.92. The van der Waals surface area contributed by atoms with Crippen LogP contribution in [0.15, 0.2) is 23.1 Å². The lowest BCUT2D eigenvalue weighted by atomic mass is 9.89. The second-order valence-electron chi connectivity index (χ2n) is 5.87. The molecule has 2 saturated heterocycles. The number of piperidine rings is 1. The van der Waals surface area contributed by atoms with E-state index in [4.69, 9.17) is 9.47 Å². The van der Waals surface area contributed by atoms with Crippen molar-refractivity contribution in [1.29, 1.82) is 0 Å². The van der Waals surface area contributed by atoms with Crippen molar-refractivity contribution in [3.63, 3.8) is 0 Å². The standard InChI is InChI=1S/C15H20N2O5S/c1-21-12-3-4-13(22-2)14(6-12)23(19,20)17-8-10-5-15(18)16-7-11(10)9-17/h3-4,6,10-11H,5,7-9H2,1-2H3,(H,16,18)/t10-,11+/m0/s1. The van der Waals surface area contributed by atoms with Gasteiger partial charge >= 0.3 is 0 Å². The third-order valence-corrected chi connectivity index (χ3v) is 6.39. The minimum Gasteiger partial charge on any atom is -0.497 e. The number of carbonyl (C=O) groups is 1. The molecule has 0 aromatic heterocycles. The van der Waals surface area contributed by atoms with E-state index in [0.717, 1.165) is 0 Å². The third-order valence-electron chi connectivity index (χ3n) is 4.54. The fourth-order valence-corrected chi connectivity index (χ4v) is 4.96. The molecule has 8 heteroatoms. The molecule has 1 aromatic carbocycles. The molecule has 1 amide bonds. The zero-order valence-electron chi connectivity index (χ0n) is 13.1. The highest BCUT2D eigenvalue weighted by atomic mass is 32.2. The van der Waals surface area contributed by atoms with Crippen LogP contribution < -0.4 is 14.8 Å². The average Bonchev–Trinajstić information content (AvgIpc) is 2.98. The van der Waals surface area contributed by atoms with Gasteiger partial charge in [-0.15, -0.1) is 0 Å². The normalized spacial score (nSPS) is 24.9. The van der Waals surface area contributed by atoms with E-state index in [-0.39, 0.29) is 28.4 Å². The van der Waals surface area contributed by atoms with Crippen LogP contribution in [0.1, 0.15) is 6.42 Å². The summed E-state index contributed by atoms with van der Waals surface area (Å²) in [5.41, 5.74) is 0. The van der Waals surface area contributed by atoms with Crippen molar-refractivity contribution in [3.05, 3.63) is 18.2 Å². The number of amides is 1. The van der Waals surface area contributed by atoms with Crippen molar-refractivity contribution < 1.29 is 22.7 Å². The lowest BCUT2D eigenvalue weighted by Crippen LogP contribution is -2.40. The summed E-state index contributed by atoms with van der Waals surface area (Å²) >= 11 is 0. The lowest BCUT2D eigenvalue weighted by molar-refractivity contribution is -0.124. The Labute approximate surface area is 135 Å². The molecule has 126 valence electrons. The minimum atomic E-state index is -3.70. The number of sulfonamides is 1. The zero-order valence-corrected chi connectivity index (χ0v) is 13.9. The van der Waals surface area contributed by atoms with Crippen molar-refractivity contribution in [2.24, 2.45) is 11.8 Å². The van der Waals surface area contributed by atoms with Gasteiger partial charge in [-0.05, 0) is 24.0 Å². The molecule has 2 fully saturated rings. The number of carbonyl (C=O) groups excluding carboxylic acids is 1. The molecule has 0 unspecified atom stereocenters. The van der Waals surface area contributed by atoms with E-state index in [1.165, 1.54) is 24.6 Å². The van der Waals surface area contributed by atoms with Crippen LogP contribution in [-0.2, 0) is 14.8 Å². The maximum Gasteiger partial charge on any atom is 0.246 e. The molecule has 3 rings (SSSR count). The molecule has 0 saturated carbocycles. The predicted molar refractivity (Wildman–Crippen MR) is 82.9 cm³/mol. The van der Waals surface area contributed by atoms with Crippen LogP contribution in [0.5, 0.6) is 11.5 Å². The van der Waals surface area contributed by atoms with Gasteiger partial charge in [0, 0.05) is 32.1 Å². The lowest BCUT2D eigenvalue weighted by Gasteiger charge is -2.23. The predicted octanol–water partition coefficient (Wildman–Crippen LogP) is 0.460. The number of ether oxygens (including phenoxy) is 2. The highest BCUT2D eigenvalue weighted by Crippen LogP contribution is 2.36. The summed E-state index contributed by atoms with van der Waals surface area (Å²) in [6, 6.07) is 4.71. The summed E-state index contributed by atoms with van der Waals surface area (Å²) in [6.07, 6.45) is 0.381. The molecule has 2 heterocycles. The number of hydrogen-bond donors (Lipinski definition) is 1. The van der Waals surface area contributed by atoms with Gasteiger partial charge in [0.1, 0.15) is 16.4 Å². The largest absolute Gasteiger partial charge is 0.497 e. The first-order valence-electron chi connectivity index (χ1n) is 7.44. The Morgan fingerprint density at radius 2 is 1.91 bits per heavy atom. The molecule has 2 aliphatic heterocycles. The molecule has 0 radical (unpaired) electrons. The summed E-state index contributed by atoms with van der Waals surface area (Å²) in [7, 11) is -0.777. The maximum atomic E-state index is 13.0. The third kappa shape index (κ3) is 2.88. The molecule has 1 N–H and O–H groups in total. The highest BCUT2D eigenvalue weighted by molar-refractivity contribution is 7.89.